The molecule has 0 fully saturated rings. The van der Waals surface area contributed by atoms with Crippen molar-refractivity contribution in [3.63, 3.8) is 0 Å². The Bertz CT molecular complexity index is 883. The van der Waals surface area contributed by atoms with Gasteiger partial charge in [-0.05, 0) is 12.0 Å². The van der Waals surface area contributed by atoms with Gasteiger partial charge in [-0.2, -0.15) is 0 Å². The van der Waals surface area contributed by atoms with Gasteiger partial charge in [0.2, 0.25) is 0 Å². The van der Waals surface area contributed by atoms with Crippen LogP contribution >= 0.6 is 0 Å². The molecule has 2 aromatic rings. The normalized spacial score (nSPS) is 12.8. The molecule has 0 heterocycles. The molecule has 37 heavy (non-hydrogen) atoms. The minimum absolute atomic E-state index is 0.0397. The van der Waals surface area contributed by atoms with E-state index in [4.69, 9.17) is 0 Å². The van der Waals surface area contributed by atoms with Gasteiger partial charge >= 0.3 is 0 Å². The first kappa shape index (κ1) is 31.4. The molecule has 0 bridgehead atoms. The first-order valence-corrected chi connectivity index (χ1v) is 13.7. The maximum Gasteiger partial charge on any atom is 0.129 e. The predicted molar refractivity (Wildman–Crippen MR) is 149 cm³/mol. The van der Waals surface area contributed by atoms with E-state index in [-0.39, 0.29) is 26.4 Å². The molecule has 7 nitrogen and oxygen atoms in total. The molecular formula is C30H52N3O4+3. The van der Waals surface area contributed by atoms with Crippen LogP contribution < -0.4 is 0 Å². The van der Waals surface area contributed by atoms with E-state index >= 15 is 0 Å². The number of hydrogen-bond acceptors (Lipinski definition) is 4. The summed E-state index contributed by atoms with van der Waals surface area (Å²) in [6, 6.07) is 17.3. The number of quaternary nitrogens is 3. The monoisotopic (exact) mass is 518 g/mol. The highest BCUT2D eigenvalue weighted by molar-refractivity contribution is 5.22. The highest BCUT2D eigenvalue weighted by Crippen LogP contribution is 2.21. The number of hydrogen-bond donors (Lipinski definition) is 4. The molecule has 2 rings (SSSR count). The molecule has 0 spiro atoms. The number of aliphatic hydroxyl groups excluding tert-OH is 4. The van der Waals surface area contributed by atoms with Crippen LogP contribution in [0.5, 0.6) is 0 Å². The second-order valence-electron chi connectivity index (χ2n) is 11.7. The van der Waals surface area contributed by atoms with Crippen LogP contribution in [0.1, 0.15) is 29.2 Å². The van der Waals surface area contributed by atoms with Gasteiger partial charge in [-0.15, -0.1) is 0 Å². The zero-order valence-corrected chi connectivity index (χ0v) is 23.6. The van der Waals surface area contributed by atoms with E-state index in [1.54, 1.807) is 0 Å². The third kappa shape index (κ3) is 10.4. The standard InChI is InChI=1S/C30H52N3O4/c1-5-27-6-8-29(9-7-27)25-32(16-20-34,17-21-35)14-15-33(18-22-36,19-23-37)26-30-12-10-28(11-13-30)24-31(2,3)4/h6-13,34-37H,5,14-26H2,1-4H3/q+3. The summed E-state index contributed by atoms with van der Waals surface area (Å²) in [4.78, 5) is 0. The third-order valence-corrected chi connectivity index (χ3v) is 7.49. The fraction of sp³-hybridized carbons (Fsp3) is 0.600. The van der Waals surface area contributed by atoms with E-state index in [2.05, 4.69) is 76.6 Å². The quantitative estimate of drug-likeness (QED) is 0.227. The van der Waals surface area contributed by atoms with Crippen molar-refractivity contribution in [2.75, 3.05) is 86.8 Å². The summed E-state index contributed by atoms with van der Waals surface area (Å²) in [5.41, 5.74) is 4.95. The van der Waals surface area contributed by atoms with Gasteiger partial charge in [0.25, 0.3) is 0 Å². The minimum atomic E-state index is 0.0397. The molecule has 0 amide bonds. The van der Waals surface area contributed by atoms with Crippen LogP contribution in [0.15, 0.2) is 48.5 Å². The Kier molecular flexibility index (Phi) is 12.7. The van der Waals surface area contributed by atoms with E-state index in [1.165, 1.54) is 22.3 Å². The molecule has 208 valence electrons. The van der Waals surface area contributed by atoms with Gasteiger partial charge in [0.15, 0.2) is 0 Å². The molecule has 0 atom stereocenters. The van der Waals surface area contributed by atoms with Gasteiger partial charge in [-0.3, -0.25) is 0 Å². The van der Waals surface area contributed by atoms with Crippen molar-refractivity contribution in [2.24, 2.45) is 0 Å². The Balaban J connectivity index is 2.29. The number of rotatable bonds is 18. The number of aryl methyl sites for hydroxylation is 1. The lowest BCUT2D eigenvalue weighted by atomic mass is 10.1. The van der Waals surface area contributed by atoms with Gasteiger partial charge in [0, 0.05) is 16.7 Å². The summed E-state index contributed by atoms with van der Waals surface area (Å²) in [6.07, 6.45) is 0.992. The van der Waals surface area contributed by atoms with Crippen LogP contribution in [0.25, 0.3) is 0 Å². The van der Waals surface area contributed by atoms with E-state index in [1.807, 2.05) is 0 Å². The van der Waals surface area contributed by atoms with Crippen molar-refractivity contribution in [1.29, 1.82) is 0 Å². The molecule has 2 aromatic carbocycles. The summed E-state index contributed by atoms with van der Waals surface area (Å²) in [7, 11) is 6.54. The lowest BCUT2D eigenvalue weighted by molar-refractivity contribution is -0.993. The Morgan fingerprint density at radius 1 is 0.459 bits per heavy atom. The smallest absolute Gasteiger partial charge is 0.129 e. The van der Waals surface area contributed by atoms with Crippen molar-refractivity contribution < 1.29 is 33.9 Å². The maximum atomic E-state index is 10.0. The molecule has 0 radical (unpaired) electrons. The van der Waals surface area contributed by atoms with Crippen LogP contribution in [-0.2, 0) is 26.1 Å². The van der Waals surface area contributed by atoms with E-state index < -0.39 is 0 Å². The topological polar surface area (TPSA) is 80.9 Å². The number of aliphatic hydroxyl groups is 4. The Labute approximate surface area is 224 Å². The summed E-state index contributed by atoms with van der Waals surface area (Å²) >= 11 is 0. The summed E-state index contributed by atoms with van der Waals surface area (Å²) < 4.78 is 2.00. The largest absolute Gasteiger partial charge is 0.391 e. The zero-order valence-electron chi connectivity index (χ0n) is 23.6. The molecule has 0 saturated carbocycles. The van der Waals surface area contributed by atoms with Crippen LogP contribution in [0, 0.1) is 0 Å². The van der Waals surface area contributed by atoms with Gasteiger partial charge in [-0.1, -0.05) is 55.5 Å². The molecule has 0 saturated heterocycles. The fourth-order valence-corrected chi connectivity index (χ4v) is 5.37. The van der Waals surface area contributed by atoms with Crippen molar-refractivity contribution >= 4 is 0 Å². The van der Waals surface area contributed by atoms with Gasteiger partial charge in [0.1, 0.15) is 58.9 Å². The highest BCUT2D eigenvalue weighted by Gasteiger charge is 2.34. The van der Waals surface area contributed by atoms with Crippen LogP contribution in [-0.4, -0.2) is 121 Å². The van der Waals surface area contributed by atoms with Crippen molar-refractivity contribution in [3.05, 3.63) is 70.8 Å². The molecule has 4 N–H and O–H groups in total. The average molecular weight is 519 g/mol. The minimum Gasteiger partial charge on any atom is -0.391 e. The van der Waals surface area contributed by atoms with Crippen LogP contribution in [0.4, 0.5) is 0 Å². The molecule has 0 unspecified atom stereocenters. The lowest BCUT2D eigenvalue weighted by Crippen LogP contribution is -2.60. The molecule has 7 heteroatoms. The van der Waals surface area contributed by atoms with Crippen molar-refractivity contribution in [1.82, 2.24) is 0 Å². The summed E-state index contributed by atoms with van der Waals surface area (Å²) in [5.74, 6) is 0. The van der Waals surface area contributed by atoms with Crippen LogP contribution in [0.2, 0.25) is 0 Å². The molecule has 0 aliphatic heterocycles. The van der Waals surface area contributed by atoms with E-state index in [9.17, 15) is 20.4 Å². The Morgan fingerprint density at radius 3 is 1.03 bits per heavy atom. The average Bonchev–Trinajstić information content (AvgIpc) is 2.84. The van der Waals surface area contributed by atoms with Crippen molar-refractivity contribution in [3.8, 4) is 0 Å². The Morgan fingerprint density at radius 2 is 0.757 bits per heavy atom. The fourth-order valence-electron chi connectivity index (χ4n) is 5.37. The number of benzene rings is 2. The maximum absolute atomic E-state index is 10.0. The first-order chi connectivity index (χ1) is 17.6. The van der Waals surface area contributed by atoms with E-state index in [0.717, 1.165) is 43.6 Å². The molecule has 0 aliphatic rings. The summed E-state index contributed by atoms with van der Waals surface area (Å²) in [5, 5.41) is 40.0. The number of nitrogens with zero attached hydrogens (tertiary/aromatic N) is 3. The molecular weight excluding hydrogens is 466 g/mol. The van der Waals surface area contributed by atoms with Gasteiger partial charge in [-0.25, -0.2) is 0 Å². The van der Waals surface area contributed by atoms with E-state index in [0.29, 0.717) is 35.1 Å². The molecule has 0 aromatic heterocycles. The lowest BCUT2D eigenvalue weighted by Gasteiger charge is -2.43. The molecule has 0 aliphatic carbocycles. The van der Waals surface area contributed by atoms with Gasteiger partial charge < -0.3 is 33.9 Å². The van der Waals surface area contributed by atoms with Gasteiger partial charge in [0.05, 0.1) is 47.6 Å². The van der Waals surface area contributed by atoms with Crippen molar-refractivity contribution in [2.45, 2.75) is 33.0 Å². The second kappa shape index (κ2) is 14.9. The summed E-state index contributed by atoms with van der Waals surface area (Å²) in [6.45, 7) is 8.36. The first-order valence-electron chi connectivity index (χ1n) is 13.7. The van der Waals surface area contributed by atoms with Crippen LogP contribution in [0.3, 0.4) is 0 Å². The predicted octanol–water partition coefficient (Wildman–Crippen LogP) is 1.76. The third-order valence-electron chi connectivity index (χ3n) is 7.49. The second-order valence-corrected chi connectivity index (χ2v) is 11.7. The SMILES string of the molecule is CCc1ccc(C[N+](CCO)(CCO)CC[N+](CCO)(CCO)Cc2ccc(C[N+](C)(C)C)cc2)cc1. The Hall–Kier alpha value is -1.84. The zero-order chi connectivity index (χ0) is 27.4. The highest BCUT2D eigenvalue weighted by atomic mass is 16.3.